The molecule has 1 aliphatic carbocycles. The molecule has 0 saturated heterocycles. The minimum atomic E-state index is 0.563. The van der Waals surface area contributed by atoms with Crippen LogP contribution in [0, 0.1) is 5.92 Å². The van der Waals surface area contributed by atoms with Crippen LogP contribution in [0.3, 0.4) is 0 Å². The Hall–Kier alpha value is -0.570. The first-order valence-electron chi connectivity index (χ1n) is 5.39. The molecule has 0 radical (unpaired) electrons. The predicted octanol–water partition coefficient (Wildman–Crippen LogP) is 2.22. The molecule has 1 saturated carbocycles. The molecule has 2 unspecified atom stereocenters. The molecule has 1 rings (SSSR count). The van der Waals surface area contributed by atoms with Gasteiger partial charge in [0.2, 0.25) is 0 Å². The quantitative estimate of drug-likeness (QED) is 0.554. The highest BCUT2D eigenvalue weighted by Gasteiger charge is 2.21. The molecule has 3 heteroatoms. The van der Waals surface area contributed by atoms with Gasteiger partial charge in [0, 0.05) is 12.6 Å². The van der Waals surface area contributed by atoms with E-state index < -0.39 is 0 Å². The number of hydrogen-bond donors (Lipinski definition) is 2. The molecule has 0 spiro atoms. The Labute approximate surface area is 92.2 Å². The van der Waals surface area contributed by atoms with Crippen molar-refractivity contribution in [2.24, 2.45) is 5.92 Å². The van der Waals surface area contributed by atoms with E-state index in [4.69, 9.17) is 12.2 Å². The van der Waals surface area contributed by atoms with Crippen LogP contribution in [0.15, 0.2) is 12.7 Å². The van der Waals surface area contributed by atoms with Gasteiger partial charge in [-0.3, -0.25) is 0 Å². The van der Waals surface area contributed by atoms with Crippen molar-refractivity contribution in [1.29, 1.82) is 0 Å². The van der Waals surface area contributed by atoms with E-state index in [-0.39, 0.29) is 0 Å². The van der Waals surface area contributed by atoms with Gasteiger partial charge in [-0.05, 0) is 31.0 Å². The second-order valence-corrected chi connectivity index (χ2v) is 4.42. The SMILES string of the molecule is C=CCNC(=S)NC1CCCCC1C. The van der Waals surface area contributed by atoms with Crippen molar-refractivity contribution in [3.8, 4) is 0 Å². The van der Waals surface area contributed by atoms with Crippen molar-refractivity contribution in [3.05, 3.63) is 12.7 Å². The van der Waals surface area contributed by atoms with Crippen LogP contribution in [0.25, 0.3) is 0 Å². The fraction of sp³-hybridized carbons (Fsp3) is 0.727. The Kier molecular flexibility index (Phi) is 4.94. The van der Waals surface area contributed by atoms with Crippen molar-refractivity contribution in [1.82, 2.24) is 10.6 Å². The lowest BCUT2D eigenvalue weighted by molar-refractivity contribution is 0.308. The third-order valence-electron chi connectivity index (χ3n) is 2.83. The highest BCUT2D eigenvalue weighted by atomic mass is 32.1. The summed E-state index contributed by atoms with van der Waals surface area (Å²) >= 11 is 5.18. The van der Waals surface area contributed by atoms with Crippen molar-refractivity contribution in [2.75, 3.05) is 6.54 Å². The summed E-state index contributed by atoms with van der Waals surface area (Å²) in [6.45, 7) is 6.69. The molecular formula is C11H20N2S. The monoisotopic (exact) mass is 212 g/mol. The van der Waals surface area contributed by atoms with E-state index in [0.29, 0.717) is 6.04 Å². The summed E-state index contributed by atoms with van der Waals surface area (Å²) in [6.07, 6.45) is 7.08. The summed E-state index contributed by atoms with van der Waals surface area (Å²) in [5, 5.41) is 7.25. The van der Waals surface area contributed by atoms with Crippen molar-refractivity contribution in [3.63, 3.8) is 0 Å². The molecule has 1 fully saturated rings. The van der Waals surface area contributed by atoms with E-state index in [2.05, 4.69) is 24.1 Å². The average molecular weight is 212 g/mol. The molecule has 0 heterocycles. The topological polar surface area (TPSA) is 24.1 Å². The largest absolute Gasteiger partial charge is 0.360 e. The second-order valence-electron chi connectivity index (χ2n) is 4.01. The smallest absolute Gasteiger partial charge is 0.166 e. The van der Waals surface area contributed by atoms with E-state index >= 15 is 0 Å². The Bertz CT molecular complexity index is 203. The first-order valence-corrected chi connectivity index (χ1v) is 5.80. The van der Waals surface area contributed by atoms with Crippen LogP contribution in [0.1, 0.15) is 32.6 Å². The van der Waals surface area contributed by atoms with Crippen LogP contribution in [0.5, 0.6) is 0 Å². The first-order chi connectivity index (χ1) is 6.74. The van der Waals surface area contributed by atoms with Gasteiger partial charge in [-0.1, -0.05) is 25.8 Å². The van der Waals surface area contributed by atoms with E-state index in [1.165, 1.54) is 25.7 Å². The first kappa shape index (κ1) is 11.5. The van der Waals surface area contributed by atoms with Gasteiger partial charge in [-0.15, -0.1) is 6.58 Å². The molecule has 0 bridgehead atoms. The lowest BCUT2D eigenvalue weighted by atomic mass is 9.86. The summed E-state index contributed by atoms with van der Waals surface area (Å²) in [4.78, 5) is 0. The number of rotatable bonds is 3. The van der Waals surface area contributed by atoms with Crippen LogP contribution < -0.4 is 10.6 Å². The van der Waals surface area contributed by atoms with Crippen LogP contribution >= 0.6 is 12.2 Å². The Morgan fingerprint density at radius 2 is 2.21 bits per heavy atom. The van der Waals surface area contributed by atoms with Crippen molar-refractivity contribution in [2.45, 2.75) is 38.6 Å². The van der Waals surface area contributed by atoms with Crippen LogP contribution in [0.4, 0.5) is 0 Å². The summed E-state index contributed by atoms with van der Waals surface area (Å²) < 4.78 is 0. The fourth-order valence-electron chi connectivity index (χ4n) is 1.91. The molecular weight excluding hydrogens is 192 g/mol. The minimum absolute atomic E-state index is 0.563. The van der Waals surface area contributed by atoms with Gasteiger partial charge in [0.25, 0.3) is 0 Å². The maximum absolute atomic E-state index is 5.18. The molecule has 80 valence electrons. The normalized spacial score (nSPS) is 26.6. The predicted molar refractivity (Wildman–Crippen MR) is 65.4 cm³/mol. The van der Waals surface area contributed by atoms with Crippen LogP contribution in [-0.4, -0.2) is 17.7 Å². The lowest BCUT2D eigenvalue weighted by Gasteiger charge is -2.30. The Morgan fingerprint density at radius 1 is 1.50 bits per heavy atom. The second kappa shape index (κ2) is 6.02. The Morgan fingerprint density at radius 3 is 2.86 bits per heavy atom. The lowest BCUT2D eigenvalue weighted by Crippen LogP contribution is -2.45. The standard InChI is InChI=1S/C11H20N2S/c1-3-8-12-11(14)13-10-7-5-4-6-9(10)2/h3,9-10H,1,4-8H2,2H3,(H2,12,13,14). The van der Waals surface area contributed by atoms with E-state index in [0.717, 1.165) is 17.6 Å². The van der Waals surface area contributed by atoms with Gasteiger partial charge < -0.3 is 10.6 Å². The third-order valence-corrected chi connectivity index (χ3v) is 3.10. The molecule has 14 heavy (non-hydrogen) atoms. The molecule has 0 aromatic heterocycles. The zero-order valence-electron chi connectivity index (χ0n) is 8.88. The highest BCUT2D eigenvalue weighted by Crippen LogP contribution is 2.23. The van der Waals surface area contributed by atoms with E-state index in [1.807, 2.05) is 6.08 Å². The van der Waals surface area contributed by atoms with Crippen molar-refractivity contribution < 1.29 is 0 Å². The van der Waals surface area contributed by atoms with Crippen molar-refractivity contribution >= 4 is 17.3 Å². The minimum Gasteiger partial charge on any atom is -0.360 e. The zero-order chi connectivity index (χ0) is 10.4. The maximum Gasteiger partial charge on any atom is 0.166 e. The van der Waals surface area contributed by atoms with Crippen LogP contribution in [0.2, 0.25) is 0 Å². The van der Waals surface area contributed by atoms with Gasteiger partial charge in [-0.2, -0.15) is 0 Å². The van der Waals surface area contributed by atoms with Gasteiger partial charge >= 0.3 is 0 Å². The molecule has 2 N–H and O–H groups in total. The molecule has 2 nitrogen and oxygen atoms in total. The van der Waals surface area contributed by atoms with Gasteiger partial charge in [0.05, 0.1) is 0 Å². The molecule has 2 atom stereocenters. The fourth-order valence-corrected chi connectivity index (χ4v) is 2.15. The number of hydrogen-bond acceptors (Lipinski definition) is 1. The third kappa shape index (κ3) is 3.66. The molecule has 0 amide bonds. The summed E-state index contributed by atoms with van der Waals surface area (Å²) in [7, 11) is 0. The molecule has 0 aromatic rings. The van der Waals surface area contributed by atoms with E-state index in [9.17, 15) is 0 Å². The number of nitrogens with one attached hydrogen (secondary N) is 2. The van der Waals surface area contributed by atoms with Crippen LogP contribution in [-0.2, 0) is 0 Å². The number of thiocarbonyl (C=S) groups is 1. The average Bonchev–Trinajstić information content (AvgIpc) is 2.18. The Balaban J connectivity index is 2.27. The molecule has 0 aromatic carbocycles. The maximum atomic E-state index is 5.18. The zero-order valence-corrected chi connectivity index (χ0v) is 9.70. The van der Waals surface area contributed by atoms with E-state index in [1.54, 1.807) is 0 Å². The summed E-state index contributed by atoms with van der Waals surface area (Å²) in [5.74, 6) is 0.743. The molecule has 0 aliphatic heterocycles. The van der Waals surface area contributed by atoms with Gasteiger partial charge in [0.15, 0.2) is 5.11 Å². The highest BCUT2D eigenvalue weighted by molar-refractivity contribution is 7.80. The molecule has 1 aliphatic rings. The van der Waals surface area contributed by atoms with Gasteiger partial charge in [0.1, 0.15) is 0 Å². The van der Waals surface area contributed by atoms with Gasteiger partial charge in [-0.25, -0.2) is 0 Å². The summed E-state index contributed by atoms with van der Waals surface area (Å²) in [5.41, 5.74) is 0. The summed E-state index contributed by atoms with van der Waals surface area (Å²) in [6, 6.07) is 0.563.